The van der Waals surface area contributed by atoms with Gasteiger partial charge >= 0.3 is 0 Å². The second-order valence-electron chi connectivity index (χ2n) is 10.6. The zero-order valence-electron chi connectivity index (χ0n) is 24.3. The molecule has 0 aliphatic rings. The van der Waals surface area contributed by atoms with Gasteiger partial charge in [0.2, 0.25) is 21.8 Å². The molecule has 0 spiro atoms. The van der Waals surface area contributed by atoms with Crippen molar-refractivity contribution in [2.75, 3.05) is 25.0 Å². The fourth-order valence-electron chi connectivity index (χ4n) is 4.37. The number of sulfonamides is 1. The number of nitrogens with zero attached hydrogens (tertiary/aromatic N) is 3. The van der Waals surface area contributed by atoms with Crippen molar-refractivity contribution >= 4 is 43.5 Å². The van der Waals surface area contributed by atoms with E-state index in [2.05, 4.69) is 44.9 Å². The van der Waals surface area contributed by atoms with E-state index >= 15 is 0 Å². The van der Waals surface area contributed by atoms with E-state index in [1.165, 1.54) is 23.4 Å². The molecule has 0 radical (unpaired) electrons. The van der Waals surface area contributed by atoms with Crippen LogP contribution in [0.4, 0.5) is 5.69 Å². The molecule has 1 heterocycles. The van der Waals surface area contributed by atoms with Gasteiger partial charge in [0.25, 0.3) is 0 Å². The van der Waals surface area contributed by atoms with Gasteiger partial charge in [0.15, 0.2) is 0 Å². The molecule has 2 amide bonds. The highest BCUT2D eigenvalue weighted by atomic mass is 79.9. The van der Waals surface area contributed by atoms with Crippen molar-refractivity contribution in [1.29, 1.82) is 0 Å². The number of anilines is 1. The molecule has 0 fully saturated rings. The van der Waals surface area contributed by atoms with Gasteiger partial charge in [-0.2, -0.15) is 4.31 Å². The molecule has 222 valence electrons. The zero-order valence-corrected chi connectivity index (χ0v) is 26.7. The van der Waals surface area contributed by atoms with E-state index in [1.807, 2.05) is 44.3 Å². The zero-order chi connectivity index (χ0) is 30.0. The molecule has 41 heavy (non-hydrogen) atoms. The van der Waals surface area contributed by atoms with Crippen LogP contribution in [0.25, 0.3) is 0 Å². The van der Waals surface area contributed by atoms with E-state index in [1.54, 1.807) is 17.0 Å². The molecule has 0 atom stereocenters. The number of amides is 2. The molecule has 0 aliphatic heterocycles. The molecular formula is C31H41BrN4O4S. The van der Waals surface area contributed by atoms with E-state index in [9.17, 15) is 18.0 Å². The lowest BCUT2D eigenvalue weighted by Gasteiger charge is -2.28. The number of halogens is 1. The van der Waals surface area contributed by atoms with Crippen LogP contribution in [0.3, 0.4) is 0 Å². The molecule has 3 aromatic rings. The lowest BCUT2D eigenvalue weighted by molar-refractivity contribution is -0.132. The minimum absolute atomic E-state index is 0.0895. The molecule has 0 saturated carbocycles. The number of hydrogen-bond acceptors (Lipinski definition) is 4. The molecule has 8 nitrogen and oxygen atoms in total. The number of rotatable bonds is 15. The predicted octanol–water partition coefficient (Wildman–Crippen LogP) is 6.12. The Kier molecular flexibility index (Phi) is 12.2. The van der Waals surface area contributed by atoms with E-state index in [-0.39, 0.29) is 35.7 Å². The quantitative estimate of drug-likeness (QED) is 0.216. The number of benzene rings is 2. The Labute approximate surface area is 252 Å². The first-order chi connectivity index (χ1) is 19.5. The Bertz CT molecular complexity index is 1390. The highest BCUT2D eigenvalue weighted by molar-refractivity contribution is 9.10. The van der Waals surface area contributed by atoms with Gasteiger partial charge in [-0.05, 0) is 72.9 Å². The summed E-state index contributed by atoms with van der Waals surface area (Å²) >= 11 is 3.48. The monoisotopic (exact) mass is 644 g/mol. The molecule has 0 bridgehead atoms. The highest BCUT2D eigenvalue weighted by Crippen LogP contribution is 2.21. The summed E-state index contributed by atoms with van der Waals surface area (Å²) in [5, 5.41) is 2.65. The van der Waals surface area contributed by atoms with Gasteiger partial charge in [-0.3, -0.25) is 9.59 Å². The molecular weight excluding hydrogens is 604 g/mol. The molecule has 0 saturated heterocycles. The van der Waals surface area contributed by atoms with Crippen LogP contribution in [-0.2, 0) is 32.7 Å². The van der Waals surface area contributed by atoms with E-state index in [0.717, 1.165) is 28.6 Å². The third-order valence-electron chi connectivity index (χ3n) is 6.76. The minimum atomic E-state index is -3.94. The van der Waals surface area contributed by atoms with Crippen LogP contribution in [0.2, 0.25) is 0 Å². The van der Waals surface area contributed by atoms with Gasteiger partial charge in [0.05, 0.1) is 18.0 Å². The standard InChI is InChI=1S/C31H41BrN4O4S/c1-5-6-18-35(22-29-8-7-19-34(29)21-26-9-11-27(32)12-10-26)31(38)23-36(20-17-24(2)3)41(39,40)30-15-13-28(14-16-30)33-25(4)37/h7-16,19,24H,5-6,17-18,20-23H2,1-4H3,(H,33,37). The fraction of sp³-hybridized carbons (Fsp3) is 0.419. The maximum atomic E-state index is 13.7. The van der Waals surface area contributed by atoms with E-state index in [4.69, 9.17) is 0 Å². The van der Waals surface area contributed by atoms with Gasteiger partial charge in [-0.15, -0.1) is 0 Å². The van der Waals surface area contributed by atoms with Crippen LogP contribution in [-0.4, -0.2) is 53.6 Å². The normalized spacial score (nSPS) is 11.7. The first-order valence-corrected chi connectivity index (χ1v) is 16.3. The predicted molar refractivity (Wildman–Crippen MR) is 167 cm³/mol. The summed E-state index contributed by atoms with van der Waals surface area (Å²) < 4.78 is 31.9. The summed E-state index contributed by atoms with van der Waals surface area (Å²) in [5.41, 5.74) is 2.65. The van der Waals surface area contributed by atoms with Gasteiger partial charge in [-0.1, -0.05) is 55.3 Å². The first-order valence-electron chi connectivity index (χ1n) is 14.0. The van der Waals surface area contributed by atoms with E-state index in [0.29, 0.717) is 31.7 Å². The largest absolute Gasteiger partial charge is 0.345 e. The van der Waals surface area contributed by atoms with Crippen LogP contribution < -0.4 is 5.32 Å². The van der Waals surface area contributed by atoms with Crippen LogP contribution in [0.15, 0.2) is 76.2 Å². The summed E-state index contributed by atoms with van der Waals surface area (Å²) in [6, 6.07) is 18.2. The molecule has 10 heteroatoms. The number of aromatic nitrogens is 1. The topological polar surface area (TPSA) is 91.7 Å². The first kappa shape index (κ1) is 32.6. The number of unbranched alkanes of at least 4 members (excludes halogenated alkanes) is 1. The van der Waals surface area contributed by atoms with Crippen LogP contribution in [0, 0.1) is 5.92 Å². The van der Waals surface area contributed by atoms with Crippen molar-refractivity contribution in [2.45, 2.75) is 64.9 Å². The highest BCUT2D eigenvalue weighted by Gasteiger charge is 2.29. The molecule has 3 rings (SSSR count). The van der Waals surface area contributed by atoms with Gasteiger partial charge < -0.3 is 14.8 Å². The van der Waals surface area contributed by atoms with Crippen LogP contribution >= 0.6 is 15.9 Å². The van der Waals surface area contributed by atoms with E-state index < -0.39 is 10.0 Å². The maximum absolute atomic E-state index is 13.7. The third-order valence-corrected chi connectivity index (χ3v) is 9.14. The number of carbonyl (C=O) groups is 2. The van der Waals surface area contributed by atoms with Crippen molar-refractivity contribution in [2.24, 2.45) is 5.92 Å². The molecule has 1 N–H and O–H groups in total. The SMILES string of the molecule is CCCCN(Cc1cccn1Cc1ccc(Br)cc1)C(=O)CN(CCC(C)C)S(=O)(=O)c1ccc(NC(C)=O)cc1. The molecule has 0 aliphatic carbocycles. The Morgan fingerprint density at radius 2 is 1.68 bits per heavy atom. The maximum Gasteiger partial charge on any atom is 0.243 e. The Balaban J connectivity index is 1.82. The second kappa shape index (κ2) is 15.3. The fourth-order valence-corrected chi connectivity index (χ4v) is 6.04. The minimum Gasteiger partial charge on any atom is -0.345 e. The molecule has 2 aromatic carbocycles. The average Bonchev–Trinajstić information content (AvgIpc) is 3.36. The molecule has 0 unspecified atom stereocenters. The van der Waals surface area contributed by atoms with Crippen molar-refractivity contribution < 1.29 is 18.0 Å². The van der Waals surface area contributed by atoms with Gasteiger partial charge in [-0.25, -0.2) is 8.42 Å². The average molecular weight is 646 g/mol. The van der Waals surface area contributed by atoms with Crippen molar-refractivity contribution in [3.63, 3.8) is 0 Å². The Morgan fingerprint density at radius 3 is 2.29 bits per heavy atom. The number of carbonyl (C=O) groups excluding carboxylic acids is 2. The third kappa shape index (κ3) is 9.83. The van der Waals surface area contributed by atoms with Crippen molar-refractivity contribution in [3.05, 3.63) is 82.6 Å². The van der Waals surface area contributed by atoms with Crippen LogP contribution in [0.5, 0.6) is 0 Å². The second-order valence-corrected chi connectivity index (χ2v) is 13.5. The summed E-state index contributed by atoms with van der Waals surface area (Å²) in [6.07, 6.45) is 4.37. The number of nitrogens with one attached hydrogen (secondary N) is 1. The summed E-state index contributed by atoms with van der Waals surface area (Å²) in [5.74, 6) is -0.194. The van der Waals surface area contributed by atoms with Gasteiger partial charge in [0.1, 0.15) is 0 Å². The number of hydrogen-bond donors (Lipinski definition) is 1. The lowest BCUT2D eigenvalue weighted by atomic mass is 10.1. The van der Waals surface area contributed by atoms with Gasteiger partial charge in [0, 0.05) is 48.6 Å². The lowest BCUT2D eigenvalue weighted by Crippen LogP contribution is -2.43. The summed E-state index contributed by atoms with van der Waals surface area (Å²) in [4.78, 5) is 27.0. The Hall–Kier alpha value is -2.95. The van der Waals surface area contributed by atoms with Crippen molar-refractivity contribution in [1.82, 2.24) is 13.8 Å². The smallest absolute Gasteiger partial charge is 0.243 e. The molecule has 1 aromatic heterocycles. The van der Waals surface area contributed by atoms with Crippen LogP contribution in [0.1, 0.15) is 58.2 Å². The van der Waals surface area contributed by atoms with Crippen molar-refractivity contribution in [3.8, 4) is 0 Å². The Morgan fingerprint density at radius 1 is 1.00 bits per heavy atom. The summed E-state index contributed by atoms with van der Waals surface area (Å²) in [7, 11) is -3.94. The summed E-state index contributed by atoms with van der Waals surface area (Å²) in [6.45, 7) is 9.14.